The molecule has 1 saturated carbocycles. The molecule has 0 saturated heterocycles. The Balaban J connectivity index is 1.56. The summed E-state index contributed by atoms with van der Waals surface area (Å²) in [5, 5.41) is 8.69. The normalized spacial score (nSPS) is 16.2. The van der Waals surface area contributed by atoms with Gasteiger partial charge >= 0.3 is 0 Å². The molecular weight excluding hydrogens is 372 g/mol. The minimum Gasteiger partial charge on any atom is -0.416 e. The van der Waals surface area contributed by atoms with E-state index in [4.69, 9.17) is 4.42 Å². The van der Waals surface area contributed by atoms with E-state index in [0.29, 0.717) is 16.9 Å². The van der Waals surface area contributed by atoms with Gasteiger partial charge in [0, 0.05) is 5.92 Å². The van der Waals surface area contributed by atoms with Crippen LogP contribution in [0.15, 0.2) is 25.6 Å². The second kappa shape index (κ2) is 7.07. The zero-order valence-corrected chi connectivity index (χ0v) is 14.6. The fourth-order valence-electron chi connectivity index (χ4n) is 2.46. The van der Waals surface area contributed by atoms with Crippen LogP contribution in [0.5, 0.6) is 0 Å². The van der Waals surface area contributed by atoms with Crippen LogP contribution in [0, 0.1) is 0 Å². The third-order valence-corrected chi connectivity index (χ3v) is 6.03. The van der Waals surface area contributed by atoms with Crippen molar-refractivity contribution in [1.82, 2.24) is 10.2 Å². The Morgan fingerprint density at radius 1 is 1.33 bits per heavy atom. The molecule has 2 aromatic rings. The molecule has 0 bridgehead atoms. The van der Waals surface area contributed by atoms with Crippen molar-refractivity contribution >= 4 is 44.8 Å². The Labute approximate surface area is 139 Å². The van der Waals surface area contributed by atoms with Gasteiger partial charge in [-0.3, -0.25) is 4.79 Å². The Hall–Kier alpha value is -0.660. The second-order valence-electron chi connectivity index (χ2n) is 5.06. The number of thioether (sulfide) groups is 1. The molecule has 3 rings (SSSR count). The lowest BCUT2D eigenvalue weighted by Gasteiger charge is -2.17. The van der Waals surface area contributed by atoms with Gasteiger partial charge in [-0.1, -0.05) is 31.0 Å². The van der Waals surface area contributed by atoms with Crippen molar-refractivity contribution in [3.05, 3.63) is 26.7 Å². The number of hydrogen-bond acceptors (Lipinski definition) is 6. The van der Waals surface area contributed by atoms with Crippen LogP contribution in [0.4, 0.5) is 0 Å². The van der Waals surface area contributed by atoms with Crippen molar-refractivity contribution in [3.63, 3.8) is 0 Å². The maximum atomic E-state index is 12.0. The minimum absolute atomic E-state index is 0.0908. The van der Waals surface area contributed by atoms with E-state index in [2.05, 4.69) is 26.1 Å². The van der Waals surface area contributed by atoms with Gasteiger partial charge in [0.05, 0.1) is 14.4 Å². The zero-order chi connectivity index (χ0) is 14.7. The third kappa shape index (κ3) is 3.96. The molecule has 1 aliphatic rings. The average Bonchev–Trinajstić information content (AvgIpc) is 3.15. The molecule has 0 N–H and O–H groups in total. The molecule has 1 aliphatic carbocycles. The number of ketones is 1. The highest BCUT2D eigenvalue weighted by atomic mass is 79.9. The molecule has 1 fully saturated rings. The topological polar surface area (TPSA) is 56.0 Å². The number of Topliss-reactive ketones (excluding diaryl/α,β-unsaturated/α-hetero) is 1. The predicted octanol–water partition coefficient (Wildman–Crippen LogP) is 4.92. The predicted molar refractivity (Wildman–Crippen MR) is 87.2 cm³/mol. The molecule has 0 atom stereocenters. The number of hydrogen-bond donors (Lipinski definition) is 0. The highest BCUT2D eigenvalue weighted by Gasteiger charge is 2.21. The van der Waals surface area contributed by atoms with E-state index in [0.717, 1.165) is 27.4 Å². The van der Waals surface area contributed by atoms with E-state index in [1.165, 1.54) is 42.4 Å². The lowest BCUT2D eigenvalue weighted by molar-refractivity contribution is 0.102. The molecule has 112 valence electrons. The molecule has 4 nitrogen and oxygen atoms in total. The van der Waals surface area contributed by atoms with E-state index in [9.17, 15) is 4.79 Å². The lowest BCUT2D eigenvalue weighted by Crippen LogP contribution is -2.04. The lowest BCUT2D eigenvalue weighted by atomic mass is 9.89. The van der Waals surface area contributed by atoms with Crippen molar-refractivity contribution in [3.8, 4) is 0 Å². The van der Waals surface area contributed by atoms with Crippen LogP contribution >= 0.6 is 39.0 Å². The van der Waals surface area contributed by atoms with E-state index >= 15 is 0 Å². The fourth-order valence-corrected chi connectivity index (χ4v) is 4.52. The minimum atomic E-state index is 0.0908. The van der Waals surface area contributed by atoms with Gasteiger partial charge in [-0.15, -0.1) is 21.5 Å². The number of rotatable bonds is 5. The number of aromatic nitrogens is 2. The van der Waals surface area contributed by atoms with Gasteiger partial charge < -0.3 is 4.42 Å². The molecule has 0 unspecified atom stereocenters. The molecule has 2 heterocycles. The summed E-state index contributed by atoms with van der Waals surface area (Å²) in [6.45, 7) is 0. The molecule has 7 heteroatoms. The monoisotopic (exact) mass is 386 g/mol. The molecule has 0 aliphatic heterocycles. The molecular formula is C14H15BrN2O2S2. The zero-order valence-electron chi connectivity index (χ0n) is 11.4. The van der Waals surface area contributed by atoms with E-state index in [1.54, 1.807) is 0 Å². The van der Waals surface area contributed by atoms with Gasteiger partial charge in [-0.2, -0.15) is 0 Å². The van der Waals surface area contributed by atoms with Crippen molar-refractivity contribution in [2.24, 2.45) is 0 Å². The fraction of sp³-hybridized carbons (Fsp3) is 0.500. The Kier molecular flexibility index (Phi) is 5.13. The number of carbonyl (C=O) groups excluding carboxylic acids is 1. The Morgan fingerprint density at radius 3 is 2.86 bits per heavy atom. The summed E-state index contributed by atoms with van der Waals surface area (Å²) in [6.07, 6.45) is 6.04. The summed E-state index contributed by atoms with van der Waals surface area (Å²) in [7, 11) is 0. The molecule has 21 heavy (non-hydrogen) atoms. The van der Waals surface area contributed by atoms with Crippen LogP contribution in [-0.4, -0.2) is 21.7 Å². The SMILES string of the molecule is O=C(CSc1nnc(C2CCCCC2)o1)c1ccc(Br)s1. The van der Waals surface area contributed by atoms with Crippen LogP contribution in [0.2, 0.25) is 0 Å². The van der Waals surface area contributed by atoms with Crippen molar-refractivity contribution in [2.45, 2.75) is 43.2 Å². The number of halogens is 1. The smallest absolute Gasteiger partial charge is 0.277 e. The highest BCUT2D eigenvalue weighted by molar-refractivity contribution is 9.11. The van der Waals surface area contributed by atoms with Gasteiger partial charge in [0.15, 0.2) is 5.78 Å². The number of thiophene rings is 1. The summed E-state index contributed by atoms with van der Waals surface area (Å²) < 4.78 is 6.66. The van der Waals surface area contributed by atoms with Crippen LogP contribution in [0.25, 0.3) is 0 Å². The summed E-state index contributed by atoms with van der Waals surface area (Å²) in [5.74, 6) is 1.57. The molecule has 0 aromatic carbocycles. The number of nitrogens with zero attached hydrogens (tertiary/aromatic N) is 2. The van der Waals surface area contributed by atoms with Gasteiger partial charge in [0.25, 0.3) is 5.22 Å². The van der Waals surface area contributed by atoms with Crippen LogP contribution in [0.3, 0.4) is 0 Å². The first-order valence-electron chi connectivity index (χ1n) is 6.97. The maximum Gasteiger partial charge on any atom is 0.277 e. The third-order valence-electron chi connectivity index (χ3n) is 3.55. The van der Waals surface area contributed by atoms with Gasteiger partial charge in [-0.25, -0.2) is 0 Å². The summed E-state index contributed by atoms with van der Waals surface area (Å²) >= 11 is 6.13. The van der Waals surface area contributed by atoms with Crippen LogP contribution < -0.4 is 0 Å². The molecule has 2 aromatic heterocycles. The maximum absolute atomic E-state index is 12.0. The molecule has 0 spiro atoms. The summed E-state index contributed by atoms with van der Waals surface area (Å²) in [5.41, 5.74) is 0. The van der Waals surface area contributed by atoms with Crippen LogP contribution in [-0.2, 0) is 0 Å². The van der Waals surface area contributed by atoms with Crippen LogP contribution in [0.1, 0.15) is 53.6 Å². The quantitative estimate of drug-likeness (QED) is 0.539. The average molecular weight is 387 g/mol. The first-order valence-corrected chi connectivity index (χ1v) is 9.56. The molecule has 0 amide bonds. The van der Waals surface area contributed by atoms with Crippen molar-refractivity contribution < 1.29 is 9.21 Å². The van der Waals surface area contributed by atoms with E-state index < -0.39 is 0 Å². The van der Waals surface area contributed by atoms with Gasteiger partial charge in [0.1, 0.15) is 0 Å². The first kappa shape index (κ1) is 15.2. The molecule has 0 radical (unpaired) electrons. The standard InChI is InChI=1S/C14H15BrN2O2S2/c15-12-7-6-11(21-12)10(18)8-20-14-17-16-13(19-14)9-4-2-1-3-5-9/h6-7,9H,1-5,8H2. The second-order valence-corrected chi connectivity index (χ2v) is 8.45. The van der Waals surface area contributed by atoms with Crippen molar-refractivity contribution in [1.29, 1.82) is 0 Å². The number of carbonyl (C=O) groups is 1. The Morgan fingerprint density at radius 2 is 2.14 bits per heavy atom. The van der Waals surface area contributed by atoms with Crippen molar-refractivity contribution in [2.75, 3.05) is 5.75 Å². The summed E-state index contributed by atoms with van der Waals surface area (Å²) in [4.78, 5) is 12.8. The Bertz CT molecular complexity index is 620. The van der Waals surface area contributed by atoms with E-state index in [-0.39, 0.29) is 5.78 Å². The summed E-state index contributed by atoms with van der Waals surface area (Å²) in [6, 6.07) is 3.72. The first-order chi connectivity index (χ1) is 10.2. The van der Waals surface area contributed by atoms with Gasteiger partial charge in [-0.05, 0) is 40.9 Å². The largest absolute Gasteiger partial charge is 0.416 e. The van der Waals surface area contributed by atoms with Gasteiger partial charge in [0.2, 0.25) is 5.89 Å². The highest BCUT2D eigenvalue weighted by Crippen LogP contribution is 2.33. The van der Waals surface area contributed by atoms with E-state index in [1.807, 2.05) is 12.1 Å².